The van der Waals surface area contributed by atoms with Crippen LogP contribution in [0.2, 0.25) is 0 Å². The highest BCUT2D eigenvalue weighted by molar-refractivity contribution is 5.34. The fourth-order valence-corrected chi connectivity index (χ4v) is 2.15. The Hall–Kier alpha value is -2.05. The van der Waals surface area contributed by atoms with Crippen LogP contribution in [0.1, 0.15) is 17.4 Å². The smallest absolute Gasteiger partial charge is 0.306 e. The monoisotopic (exact) mass is 291 g/mol. The van der Waals surface area contributed by atoms with Crippen LogP contribution < -0.4 is 5.56 Å². The molecule has 0 spiro atoms. The van der Waals surface area contributed by atoms with Crippen LogP contribution in [0.3, 0.4) is 0 Å². The van der Waals surface area contributed by atoms with E-state index in [0.29, 0.717) is 12.3 Å². The van der Waals surface area contributed by atoms with Crippen LogP contribution in [0.15, 0.2) is 35.1 Å². The van der Waals surface area contributed by atoms with Gasteiger partial charge in [0.25, 0.3) is 0 Å². The molecule has 0 amide bonds. The molecule has 0 fully saturated rings. The minimum absolute atomic E-state index is 0.295. The summed E-state index contributed by atoms with van der Waals surface area (Å²) in [5.74, 6) is -0.295. The average molecular weight is 291 g/mol. The number of aromatic amines is 1. The van der Waals surface area contributed by atoms with Crippen molar-refractivity contribution in [2.45, 2.75) is 6.10 Å². The average Bonchev–Trinajstić information content (AvgIpc) is 2.70. The van der Waals surface area contributed by atoms with Crippen LogP contribution in [-0.4, -0.2) is 47.0 Å². The second-order valence-electron chi connectivity index (χ2n) is 5.20. The standard InChI is InChI=1S/C15H21N3O3/c1-17(2)9-10-21-14(11-7-5-4-6-8-11)12-13(19)15(20)16-18(12)3/h4-8,14,19H,9-10H2,1-3H3,(H,16,20). The first-order valence-corrected chi connectivity index (χ1v) is 6.80. The highest BCUT2D eigenvalue weighted by Gasteiger charge is 2.24. The second-order valence-corrected chi connectivity index (χ2v) is 5.20. The molecule has 21 heavy (non-hydrogen) atoms. The minimum atomic E-state index is -0.510. The van der Waals surface area contributed by atoms with Crippen molar-refractivity contribution < 1.29 is 9.84 Å². The Bertz CT molecular complexity index is 631. The molecule has 2 N–H and O–H groups in total. The molecule has 0 radical (unpaired) electrons. The summed E-state index contributed by atoms with van der Waals surface area (Å²) in [6.07, 6.45) is -0.491. The topological polar surface area (TPSA) is 70.5 Å². The van der Waals surface area contributed by atoms with Gasteiger partial charge < -0.3 is 14.7 Å². The van der Waals surface area contributed by atoms with E-state index in [-0.39, 0.29) is 5.75 Å². The lowest BCUT2D eigenvalue weighted by Gasteiger charge is -2.20. The molecule has 1 aromatic heterocycles. The third-order valence-electron chi connectivity index (χ3n) is 3.26. The first-order chi connectivity index (χ1) is 10.0. The van der Waals surface area contributed by atoms with Crippen molar-refractivity contribution in [3.63, 3.8) is 0 Å². The molecule has 0 saturated carbocycles. The first kappa shape index (κ1) is 15.3. The van der Waals surface area contributed by atoms with Gasteiger partial charge in [-0.3, -0.25) is 14.6 Å². The highest BCUT2D eigenvalue weighted by Crippen LogP contribution is 2.29. The quantitative estimate of drug-likeness (QED) is 0.836. The van der Waals surface area contributed by atoms with Crippen LogP contribution in [0.4, 0.5) is 0 Å². The normalized spacial score (nSPS) is 12.8. The minimum Gasteiger partial charge on any atom is -0.502 e. The maximum absolute atomic E-state index is 11.6. The molecule has 0 bridgehead atoms. The van der Waals surface area contributed by atoms with Crippen LogP contribution in [0.25, 0.3) is 0 Å². The molecule has 1 aromatic carbocycles. The van der Waals surface area contributed by atoms with Crippen LogP contribution >= 0.6 is 0 Å². The summed E-state index contributed by atoms with van der Waals surface area (Å²) >= 11 is 0. The summed E-state index contributed by atoms with van der Waals surface area (Å²) in [6.45, 7) is 1.24. The molecule has 114 valence electrons. The van der Waals surface area contributed by atoms with Gasteiger partial charge in [0.1, 0.15) is 11.8 Å². The Labute approximate surface area is 123 Å². The van der Waals surface area contributed by atoms with Crippen LogP contribution in [-0.2, 0) is 11.8 Å². The third-order valence-corrected chi connectivity index (χ3v) is 3.26. The lowest BCUT2D eigenvalue weighted by atomic mass is 10.1. The number of nitrogens with zero attached hydrogens (tertiary/aromatic N) is 2. The zero-order valence-electron chi connectivity index (χ0n) is 12.5. The molecule has 1 unspecified atom stereocenters. The van der Waals surface area contributed by atoms with Crippen LogP contribution in [0, 0.1) is 0 Å². The van der Waals surface area contributed by atoms with Crippen molar-refractivity contribution in [2.75, 3.05) is 27.2 Å². The van der Waals surface area contributed by atoms with E-state index in [1.807, 2.05) is 49.3 Å². The molecule has 0 aliphatic rings. The van der Waals surface area contributed by atoms with E-state index in [1.54, 1.807) is 7.05 Å². The summed E-state index contributed by atoms with van der Waals surface area (Å²) in [7, 11) is 5.61. The van der Waals surface area contributed by atoms with Gasteiger partial charge in [-0.1, -0.05) is 30.3 Å². The van der Waals surface area contributed by atoms with Crippen molar-refractivity contribution >= 4 is 0 Å². The van der Waals surface area contributed by atoms with Crippen molar-refractivity contribution in [3.8, 4) is 5.75 Å². The van der Waals surface area contributed by atoms with Gasteiger partial charge in [-0.2, -0.15) is 0 Å². The molecule has 0 aliphatic heterocycles. The van der Waals surface area contributed by atoms with Gasteiger partial charge in [0.15, 0.2) is 0 Å². The predicted octanol–water partition coefficient (Wildman–Crippen LogP) is 1.09. The number of benzene rings is 1. The molecule has 2 rings (SSSR count). The molecular weight excluding hydrogens is 270 g/mol. The van der Waals surface area contributed by atoms with E-state index in [1.165, 1.54) is 4.68 Å². The van der Waals surface area contributed by atoms with E-state index in [4.69, 9.17) is 4.74 Å². The Morgan fingerprint density at radius 1 is 1.33 bits per heavy atom. The number of hydrogen-bond acceptors (Lipinski definition) is 4. The van der Waals surface area contributed by atoms with Gasteiger partial charge in [-0.05, 0) is 19.7 Å². The van der Waals surface area contributed by atoms with Gasteiger partial charge in [0.05, 0.1) is 6.61 Å². The molecule has 0 aliphatic carbocycles. The van der Waals surface area contributed by atoms with Crippen molar-refractivity contribution in [1.29, 1.82) is 0 Å². The molecule has 1 heterocycles. The molecule has 0 saturated heterocycles. The Morgan fingerprint density at radius 3 is 2.52 bits per heavy atom. The van der Waals surface area contributed by atoms with Crippen molar-refractivity contribution in [3.05, 3.63) is 51.9 Å². The number of rotatable bonds is 6. The Kier molecular flexibility index (Phi) is 4.82. The molecule has 6 nitrogen and oxygen atoms in total. The lowest BCUT2D eigenvalue weighted by molar-refractivity contribution is 0.0623. The lowest BCUT2D eigenvalue weighted by Crippen LogP contribution is -2.21. The van der Waals surface area contributed by atoms with Crippen LogP contribution in [0.5, 0.6) is 5.75 Å². The number of aromatic nitrogens is 2. The first-order valence-electron chi connectivity index (χ1n) is 6.80. The Balaban J connectivity index is 2.34. The fraction of sp³-hybridized carbons (Fsp3) is 0.400. The zero-order chi connectivity index (χ0) is 15.4. The van der Waals surface area contributed by atoms with Gasteiger partial charge in [0, 0.05) is 13.6 Å². The highest BCUT2D eigenvalue weighted by atomic mass is 16.5. The van der Waals surface area contributed by atoms with E-state index in [9.17, 15) is 9.90 Å². The van der Waals surface area contributed by atoms with E-state index >= 15 is 0 Å². The van der Waals surface area contributed by atoms with Gasteiger partial charge in [0.2, 0.25) is 5.75 Å². The van der Waals surface area contributed by atoms with E-state index < -0.39 is 11.7 Å². The molecule has 6 heteroatoms. The SMILES string of the molecule is CN(C)CCOC(c1ccccc1)c1c(O)c(=O)[nH]n1C. The molecular formula is C15H21N3O3. The summed E-state index contributed by atoms with van der Waals surface area (Å²) < 4.78 is 7.42. The van der Waals surface area contributed by atoms with Gasteiger partial charge >= 0.3 is 5.56 Å². The van der Waals surface area contributed by atoms with E-state index in [0.717, 1.165) is 12.1 Å². The van der Waals surface area contributed by atoms with Gasteiger partial charge in [-0.25, -0.2) is 0 Å². The number of ether oxygens (including phenoxy) is 1. The summed E-state index contributed by atoms with van der Waals surface area (Å²) in [5.41, 5.74) is 0.816. The second kappa shape index (κ2) is 6.60. The van der Waals surface area contributed by atoms with Crippen molar-refractivity contribution in [1.82, 2.24) is 14.7 Å². The third kappa shape index (κ3) is 3.53. The number of likely N-dealkylation sites (N-methyl/N-ethyl adjacent to an activating group) is 1. The Morgan fingerprint density at radius 2 is 2.00 bits per heavy atom. The number of H-pyrrole nitrogens is 1. The predicted molar refractivity (Wildman–Crippen MR) is 80.5 cm³/mol. The van der Waals surface area contributed by atoms with E-state index in [2.05, 4.69) is 5.10 Å². The molecule has 1 atom stereocenters. The largest absolute Gasteiger partial charge is 0.502 e. The number of aromatic hydroxyl groups is 1. The maximum atomic E-state index is 11.6. The number of nitrogens with one attached hydrogen (secondary N) is 1. The number of aryl methyl sites for hydroxylation is 1. The maximum Gasteiger partial charge on any atom is 0.306 e. The fourth-order valence-electron chi connectivity index (χ4n) is 2.15. The van der Waals surface area contributed by atoms with Crippen molar-refractivity contribution in [2.24, 2.45) is 7.05 Å². The van der Waals surface area contributed by atoms with Gasteiger partial charge in [-0.15, -0.1) is 0 Å². The summed E-state index contributed by atoms with van der Waals surface area (Å²) in [6, 6.07) is 9.55. The zero-order valence-corrected chi connectivity index (χ0v) is 12.5. The number of hydrogen-bond donors (Lipinski definition) is 2. The summed E-state index contributed by atoms with van der Waals surface area (Å²) in [4.78, 5) is 13.6. The molecule has 2 aromatic rings. The summed E-state index contributed by atoms with van der Waals surface area (Å²) in [5, 5.41) is 12.5.